The molecule has 0 amide bonds. The van der Waals surface area contributed by atoms with Crippen LogP contribution in [0, 0.1) is 0 Å². The maximum atomic E-state index is 12.5. The Bertz CT molecular complexity index is 850. The van der Waals surface area contributed by atoms with E-state index in [9.17, 15) is 8.42 Å². The highest BCUT2D eigenvalue weighted by atomic mass is 35.5. The Balaban J connectivity index is 1.82. The molecule has 0 fully saturated rings. The van der Waals surface area contributed by atoms with Gasteiger partial charge in [-0.05, 0) is 35.4 Å². The van der Waals surface area contributed by atoms with Gasteiger partial charge in [0.05, 0.1) is 29.7 Å². The van der Waals surface area contributed by atoms with Crippen molar-refractivity contribution in [3.8, 4) is 11.5 Å². The van der Waals surface area contributed by atoms with E-state index in [2.05, 4.69) is 0 Å². The summed E-state index contributed by atoms with van der Waals surface area (Å²) in [5.74, 6) is 0.758. The van der Waals surface area contributed by atoms with Crippen LogP contribution in [0.15, 0.2) is 36.4 Å². The molecule has 2 aromatic carbocycles. The molecule has 0 unspecified atom stereocenters. The van der Waals surface area contributed by atoms with Gasteiger partial charge in [-0.15, -0.1) is 0 Å². The molecule has 0 radical (unpaired) electrons. The van der Waals surface area contributed by atoms with Crippen molar-refractivity contribution in [2.24, 2.45) is 0 Å². The molecule has 0 atom stereocenters. The number of hydrogen-bond acceptors (Lipinski definition) is 4. The quantitative estimate of drug-likeness (QED) is 0.786. The first-order chi connectivity index (χ1) is 11.4. The number of fused-ring (bicyclic) bond motifs is 1. The maximum absolute atomic E-state index is 12.5. The Kier molecular flexibility index (Phi) is 5.23. The third-order valence-electron chi connectivity index (χ3n) is 3.52. The van der Waals surface area contributed by atoms with E-state index in [0.717, 1.165) is 6.42 Å². The highest BCUT2D eigenvalue weighted by Crippen LogP contribution is 2.38. The number of benzene rings is 2. The van der Waals surface area contributed by atoms with Crippen LogP contribution in [0.5, 0.6) is 11.5 Å². The predicted octanol–water partition coefficient (Wildman–Crippen LogP) is 4.27. The summed E-state index contributed by atoms with van der Waals surface area (Å²) < 4.78 is 36.1. The fraction of sp³-hybridized carbons (Fsp3) is 0.294. The molecule has 0 N–H and O–H groups in total. The Morgan fingerprint density at radius 2 is 1.71 bits per heavy atom. The minimum Gasteiger partial charge on any atom is -0.489 e. The van der Waals surface area contributed by atoms with Crippen LogP contribution >= 0.6 is 23.2 Å². The molecule has 1 heterocycles. The van der Waals surface area contributed by atoms with Gasteiger partial charge in [0.1, 0.15) is 0 Å². The summed E-state index contributed by atoms with van der Waals surface area (Å²) >= 11 is 12.1. The van der Waals surface area contributed by atoms with Gasteiger partial charge >= 0.3 is 0 Å². The second-order valence-electron chi connectivity index (χ2n) is 5.62. The van der Waals surface area contributed by atoms with Crippen molar-refractivity contribution in [1.29, 1.82) is 0 Å². The van der Waals surface area contributed by atoms with Crippen LogP contribution in [-0.2, 0) is 21.3 Å². The van der Waals surface area contributed by atoms with Gasteiger partial charge in [-0.1, -0.05) is 35.3 Å². The zero-order chi connectivity index (χ0) is 17.2. The largest absolute Gasteiger partial charge is 0.489 e. The molecule has 0 aliphatic carbocycles. The van der Waals surface area contributed by atoms with E-state index < -0.39 is 9.84 Å². The number of hydrogen-bond donors (Lipinski definition) is 0. The summed E-state index contributed by atoms with van der Waals surface area (Å²) in [7, 11) is -3.37. The molecule has 3 rings (SSSR count). The Morgan fingerprint density at radius 1 is 0.958 bits per heavy atom. The van der Waals surface area contributed by atoms with E-state index >= 15 is 0 Å². The van der Waals surface area contributed by atoms with E-state index in [0.29, 0.717) is 45.9 Å². The molecule has 0 aromatic heterocycles. The molecule has 0 saturated carbocycles. The Hall–Kier alpha value is -1.43. The van der Waals surface area contributed by atoms with Crippen molar-refractivity contribution in [2.45, 2.75) is 17.9 Å². The smallest absolute Gasteiger partial charge is 0.179 e. The van der Waals surface area contributed by atoms with Gasteiger partial charge in [-0.2, -0.15) is 0 Å². The number of sulfone groups is 1. The lowest BCUT2D eigenvalue weighted by Crippen LogP contribution is -2.08. The fourth-order valence-corrected chi connectivity index (χ4v) is 4.52. The summed E-state index contributed by atoms with van der Waals surface area (Å²) in [5, 5.41) is 0.878. The zero-order valence-electron chi connectivity index (χ0n) is 12.8. The van der Waals surface area contributed by atoms with E-state index in [4.69, 9.17) is 32.7 Å². The first kappa shape index (κ1) is 17.4. The number of ether oxygens (including phenoxy) is 2. The molecule has 1 aliphatic heterocycles. The summed E-state index contributed by atoms with van der Waals surface area (Å²) in [6.07, 6.45) is 0.757. The molecule has 1 aliphatic rings. The summed E-state index contributed by atoms with van der Waals surface area (Å²) in [6, 6.07) is 10.1. The molecule has 2 aromatic rings. The second-order valence-corrected chi connectivity index (χ2v) is 8.53. The summed E-state index contributed by atoms with van der Waals surface area (Å²) in [6.45, 7) is 1.04. The minimum atomic E-state index is -3.37. The third kappa shape index (κ3) is 4.35. The predicted molar refractivity (Wildman–Crippen MR) is 94.8 cm³/mol. The summed E-state index contributed by atoms with van der Waals surface area (Å²) in [4.78, 5) is 0. The highest BCUT2D eigenvalue weighted by molar-refractivity contribution is 7.89. The lowest BCUT2D eigenvalue weighted by molar-refractivity contribution is 0.297. The molecular formula is C17H16Cl2O4S. The zero-order valence-corrected chi connectivity index (χ0v) is 15.1. The van der Waals surface area contributed by atoms with E-state index in [-0.39, 0.29) is 11.5 Å². The number of halogens is 2. The van der Waals surface area contributed by atoms with Crippen molar-refractivity contribution in [2.75, 3.05) is 13.2 Å². The van der Waals surface area contributed by atoms with Gasteiger partial charge < -0.3 is 9.47 Å². The highest BCUT2D eigenvalue weighted by Gasteiger charge is 2.19. The van der Waals surface area contributed by atoms with Gasteiger partial charge in [-0.25, -0.2) is 8.42 Å². The van der Waals surface area contributed by atoms with Crippen LogP contribution in [0.4, 0.5) is 0 Å². The van der Waals surface area contributed by atoms with Crippen LogP contribution in [0.25, 0.3) is 0 Å². The van der Waals surface area contributed by atoms with Crippen molar-refractivity contribution < 1.29 is 17.9 Å². The lowest BCUT2D eigenvalue weighted by atomic mass is 10.2. The summed E-state index contributed by atoms with van der Waals surface area (Å²) in [5.41, 5.74) is 1.23. The third-order valence-corrected chi connectivity index (χ3v) is 5.59. The molecule has 4 nitrogen and oxygen atoms in total. The topological polar surface area (TPSA) is 52.6 Å². The van der Waals surface area contributed by atoms with Gasteiger partial charge in [0.15, 0.2) is 21.3 Å². The molecule has 0 bridgehead atoms. The Morgan fingerprint density at radius 3 is 2.50 bits per heavy atom. The van der Waals surface area contributed by atoms with Crippen LogP contribution < -0.4 is 9.47 Å². The van der Waals surface area contributed by atoms with Crippen LogP contribution in [0.2, 0.25) is 10.0 Å². The Labute approximate surface area is 151 Å². The molecule has 128 valence electrons. The van der Waals surface area contributed by atoms with Gasteiger partial charge in [0.25, 0.3) is 0 Å². The van der Waals surface area contributed by atoms with E-state index in [1.807, 2.05) is 0 Å². The molecule has 7 heteroatoms. The number of rotatable bonds is 4. The fourth-order valence-electron chi connectivity index (χ4n) is 2.55. The van der Waals surface area contributed by atoms with Crippen LogP contribution in [-0.4, -0.2) is 21.6 Å². The van der Waals surface area contributed by atoms with Crippen molar-refractivity contribution in [3.63, 3.8) is 0 Å². The normalized spacial score (nSPS) is 14.2. The minimum absolute atomic E-state index is 0.0837. The van der Waals surface area contributed by atoms with E-state index in [1.54, 1.807) is 36.4 Å². The average molecular weight is 387 g/mol. The van der Waals surface area contributed by atoms with Crippen LogP contribution in [0.3, 0.4) is 0 Å². The van der Waals surface area contributed by atoms with Gasteiger partial charge in [0.2, 0.25) is 0 Å². The standard InChI is InChI=1S/C17H16Cl2O4S/c18-14-4-1-3-12(7-14)10-24(20,21)11-13-8-15(19)17-16(9-13)22-5-2-6-23-17/h1,3-4,7-9H,2,5-6,10-11H2. The first-order valence-electron chi connectivity index (χ1n) is 7.46. The lowest BCUT2D eigenvalue weighted by Gasteiger charge is -2.12. The SMILES string of the molecule is O=S(=O)(Cc1cccc(Cl)c1)Cc1cc(Cl)c2c(c1)OCCCO2. The monoisotopic (exact) mass is 386 g/mol. The van der Waals surface area contributed by atoms with Crippen LogP contribution in [0.1, 0.15) is 17.5 Å². The molecule has 24 heavy (non-hydrogen) atoms. The maximum Gasteiger partial charge on any atom is 0.179 e. The van der Waals surface area contributed by atoms with Crippen molar-refractivity contribution in [3.05, 3.63) is 57.6 Å². The molecule has 0 spiro atoms. The van der Waals surface area contributed by atoms with Gasteiger partial charge in [0, 0.05) is 11.4 Å². The van der Waals surface area contributed by atoms with Gasteiger partial charge in [-0.3, -0.25) is 0 Å². The molecular weight excluding hydrogens is 371 g/mol. The molecule has 0 saturated heterocycles. The second kappa shape index (κ2) is 7.21. The van der Waals surface area contributed by atoms with Crippen molar-refractivity contribution in [1.82, 2.24) is 0 Å². The average Bonchev–Trinajstić information content (AvgIpc) is 2.71. The van der Waals surface area contributed by atoms with E-state index in [1.165, 1.54) is 0 Å². The van der Waals surface area contributed by atoms with Crippen molar-refractivity contribution >= 4 is 33.0 Å². The first-order valence-corrected chi connectivity index (χ1v) is 10.0.